The molecule has 0 unspecified atom stereocenters. The third kappa shape index (κ3) is 2.72. The number of H-pyrrole nitrogens is 1. The van der Waals surface area contributed by atoms with Crippen LogP contribution in [0.1, 0.15) is 63.7 Å². The van der Waals surface area contributed by atoms with Crippen molar-refractivity contribution >= 4 is 17.2 Å². The summed E-state index contributed by atoms with van der Waals surface area (Å²) in [7, 11) is 0. The van der Waals surface area contributed by atoms with Crippen LogP contribution in [0, 0.1) is 12.8 Å². The Kier molecular flexibility index (Phi) is 3.06. The van der Waals surface area contributed by atoms with Crippen LogP contribution in [0.25, 0.3) is 0 Å². The van der Waals surface area contributed by atoms with Crippen molar-refractivity contribution in [1.82, 2.24) is 20.5 Å². The van der Waals surface area contributed by atoms with Gasteiger partial charge >= 0.3 is 0 Å². The Bertz CT molecular complexity index is 669. The predicted molar refractivity (Wildman–Crippen MR) is 80.3 cm³/mol. The van der Waals surface area contributed by atoms with E-state index in [1.54, 1.807) is 11.3 Å². The molecule has 6 heteroatoms. The fourth-order valence-corrected chi connectivity index (χ4v) is 3.52. The topological polar surface area (TPSA) is 70.7 Å². The van der Waals surface area contributed by atoms with Crippen LogP contribution < -0.4 is 5.32 Å². The number of amides is 1. The molecule has 1 amide bonds. The average Bonchev–Trinajstić information content (AvgIpc) is 3.40. The second-order valence-corrected chi connectivity index (χ2v) is 7.35. The van der Waals surface area contributed by atoms with E-state index in [1.807, 2.05) is 19.2 Å². The van der Waals surface area contributed by atoms with Crippen LogP contribution in [-0.4, -0.2) is 21.1 Å². The van der Waals surface area contributed by atoms with Crippen molar-refractivity contribution in [3.05, 3.63) is 33.5 Å². The molecule has 2 saturated carbocycles. The Hall–Kier alpha value is -1.69. The molecular formula is C15H18N4OS. The Morgan fingerprint density at radius 1 is 1.43 bits per heavy atom. The summed E-state index contributed by atoms with van der Waals surface area (Å²) in [5.74, 6) is 1.02. The maximum Gasteiger partial charge on any atom is 0.272 e. The SMILES string of the molecule is Cc1cnc([C@@H](NC(=O)c2cc(C3CC3)[nH]n2)C2CC2)s1. The minimum Gasteiger partial charge on any atom is -0.341 e. The highest BCUT2D eigenvalue weighted by Crippen LogP contribution is 2.42. The van der Waals surface area contributed by atoms with Gasteiger partial charge in [-0.25, -0.2) is 4.98 Å². The highest BCUT2D eigenvalue weighted by Gasteiger charge is 2.36. The Morgan fingerprint density at radius 3 is 2.86 bits per heavy atom. The van der Waals surface area contributed by atoms with Crippen LogP contribution >= 0.6 is 11.3 Å². The van der Waals surface area contributed by atoms with Crippen LogP contribution in [0.5, 0.6) is 0 Å². The van der Waals surface area contributed by atoms with Crippen molar-refractivity contribution in [1.29, 1.82) is 0 Å². The lowest BCUT2D eigenvalue weighted by Crippen LogP contribution is -2.30. The lowest BCUT2D eigenvalue weighted by atomic mass is 10.2. The molecule has 4 rings (SSSR count). The maximum absolute atomic E-state index is 12.4. The predicted octanol–water partition coefficient (Wildman–Crippen LogP) is 2.93. The van der Waals surface area contributed by atoms with Gasteiger partial charge in [-0.2, -0.15) is 5.10 Å². The van der Waals surface area contributed by atoms with Gasteiger partial charge in [0.05, 0.1) is 6.04 Å². The van der Waals surface area contributed by atoms with E-state index in [1.165, 1.54) is 17.7 Å². The standard InChI is InChI=1S/C15H18N4OS/c1-8-7-16-15(21-8)13(10-4-5-10)17-14(20)12-6-11(18-19-12)9-2-3-9/h6-7,9-10,13H,2-5H2,1H3,(H,17,20)(H,18,19)/t13-/m0/s1. The van der Waals surface area contributed by atoms with E-state index >= 15 is 0 Å². The van der Waals surface area contributed by atoms with Crippen LogP contribution in [-0.2, 0) is 0 Å². The molecule has 0 saturated heterocycles. The molecule has 0 aliphatic heterocycles. The number of carbonyl (C=O) groups is 1. The van der Waals surface area contributed by atoms with Crippen molar-refractivity contribution in [3.8, 4) is 0 Å². The molecule has 0 spiro atoms. The summed E-state index contributed by atoms with van der Waals surface area (Å²) in [6, 6.07) is 1.93. The van der Waals surface area contributed by atoms with Crippen LogP contribution in [0.15, 0.2) is 12.3 Å². The molecule has 2 aliphatic carbocycles. The third-order valence-corrected chi connectivity index (χ3v) is 5.13. The van der Waals surface area contributed by atoms with E-state index in [2.05, 4.69) is 20.5 Å². The first-order valence-corrected chi connectivity index (χ1v) is 8.31. The number of nitrogens with zero attached hydrogens (tertiary/aromatic N) is 2. The summed E-state index contributed by atoms with van der Waals surface area (Å²) in [4.78, 5) is 18.0. The Morgan fingerprint density at radius 2 is 2.24 bits per heavy atom. The molecule has 0 radical (unpaired) electrons. The number of hydrogen-bond donors (Lipinski definition) is 2. The first kappa shape index (κ1) is 13.0. The fraction of sp³-hybridized carbons (Fsp3) is 0.533. The van der Waals surface area contributed by atoms with Crippen LogP contribution in [0.2, 0.25) is 0 Å². The number of aromatic nitrogens is 3. The second-order valence-electron chi connectivity index (χ2n) is 6.08. The molecule has 2 heterocycles. The van der Waals surface area contributed by atoms with Gasteiger partial charge in [0, 0.05) is 22.7 Å². The molecule has 2 fully saturated rings. The van der Waals surface area contributed by atoms with Gasteiger partial charge in [-0.15, -0.1) is 11.3 Å². The lowest BCUT2D eigenvalue weighted by molar-refractivity contribution is 0.0926. The average molecular weight is 302 g/mol. The molecular weight excluding hydrogens is 284 g/mol. The van der Waals surface area contributed by atoms with Crippen molar-refractivity contribution < 1.29 is 4.79 Å². The number of nitrogens with one attached hydrogen (secondary N) is 2. The number of hydrogen-bond acceptors (Lipinski definition) is 4. The van der Waals surface area contributed by atoms with Gasteiger partial charge in [0.25, 0.3) is 5.91 Å². The maximum atomic E-state index is 12.4. The molecule has 5 nitrogen and oxygen atoms in total. The summed E-state index contributed by atoms with van der Waals surface area (Å²) in [6.07, 6.45) is 6.61. The zero-order valence-corrected chi connectivity index (χ0v) is 12.7. The van der Waals surface area contributed by atoms with E-state index in [0.717, 1.165) is 23.5 Å². The highest BCUT2D eigenvalue weighted by molar-refractivity contribution is 7.11. The number of thiazole rings is 1. The summed E-state index contributed by atoms with van der Waals surface area (Å²) in [5, 5.41) is 11.3. The summed E-state index contributed by atoms with van der Waals surface area (Å²) < 4.78 is 0. The first-order chi connectivity index (χ1) is 10.2. The normalized spacial score (nSPS) is 19.5. The molecule has 2 N–H and O–H groups in total. The van der Waals surface area contributed by atoms with Gasteiger partial charge in [-0.1, -0.05) is 0 Å². The fourth-order valence-electron chi connectivity index (χ4n) is 2.60. The molecule has 0 aromatic carbocycles. The van der Waals surface area contributed by atoms with Gasteiger partial charge in [0.1, 0.15) is 10.7 Å². The molecule has 2 aromatic rings. The zero-order valence-electron chi connectivity index (χ0n) is 11.9. The second kappa shape index (κ2) is 4.94. The van der Waals surface area contributed by atoms with Gasteiger partial charge in [-0.05, 0) is 44.6 Å². The third-order valence-electron chi connectivity index (χ3n) is 4.13. The summed E-state index contributed by atoms with van der Waals surface area (Å²) >= 11 is 1.67. The van der Waals surface area contributed by atoms with Gasteiger partial charge < -0.3 is 5.32 Å². The summed E-state index contributed by atoms with van der Waals surface area (Å²) in [5.41, 5.74) is 1.59. The van der Waals surface area contributed by atoms with Gasteiger partial charge in [-0.3, -0.25) is 9.89 Å². The lowest BCUT2D eigenvalue weighted by Gasteiger charge is -2.14. The zero-order chi connectivity index (χ0) is 14.4. The molecule has 110 valence electrons. The number of aryl methyl sites for hydroxylation is 1. The number of rotatable bonds is 5. The molecule has 2 aromatic heterocycles. The quantitative estimate of drug-likeness (QED) is 0.892. The van der Waals surface area contributed by atoms with Crippen LogP contribution in [0.4, 0.5) is 0 Å². The number of carbonyl (C=O) groups excluding carboxylic acids is 1. The van der Waals surface area contributed by atoms with E-state index < -0.39 is 0 Å². The largest absolute Gasteiger partial charge is 0.341 e. The van der Waals surface area contributed by atoms with Crippen LogP contribution in [0.3, 0.4) is 0 Å². The first-order valence-electron chi connectivity index (χ1n) is 7.49. The van der Waals surface area contributed by atoms with E-state index in [-0.39, 0.29) is 11.9 Å². The van der Waals surface area contributed by atoms with Crippen molar-refractivity contribution in [2.24, 2.45) is 5.92 Å². The van der Waals surface area contributed by atoms with E-state index in [9.17, 15) is 4.79 Å². The smallest absolute Gasteiger partial charge is 0.272 e. The Balaban J connectivity index is 1.50. The monoisotopic (exact) mass is 302 g/mol. The molecule has 2 aliphatic rings. The molecule has 1 atom stereocenters. The van der Waals surface area contributed by atoms with E-state index in [4.69, 9.17) is 0 Å². The highest BCUT2D eigenvalue weighted by atomic mass is 32.1. The molecule has 0 bridgehead atoms. The number of aromatic amines is 1. The Labute approximate surface area is 127 Å². The minimum absolute atomic E-state index is 0.0391. The van der Waals surface area contributed by atoms with Crippen molar-refractivity contribution in [2.75, 3.05) is 0 Å². The van der Waals surface area contributed by atoms with Crippen molar-refractivity contribution in [2.45, 2.75) is 44.6 Å². The van der Waals surface area contributed by atoms with Gasteiger partial charge in [0.2, 0.25) is 0 Å². The molecule has 21 heavy (non-hydrogen) atoms. The van der Waals surface area contributed by atoms with Crippen molar-refractivity contribution in [3.63, 3.8) is 0 Å². The van der Waals surface area contributed by atoms with E-state index in [0.29, 0.717) is 17.5 Å². The summed E-state index contributed by atoms with van der Waals surface area (Å²) in [6.45, 7) is 2.04. The van der Waals surface area contributed by atoms with Gasteiger partial charge in [0.15, 0.2) is 0 Å². The minimum atomic E-state index is -0.0945.